The predicted octanol–water partition coefficient (Wildman–Crippen LogP) is 4.18. The number of rotatable bonds is 6. The summed E-state index contributed by atoms with van der Waals surface area (Å²) in [6.45, 7) is 0. The van der Waals surface area contributed by atoms with Crippen molar-refractivity contribution in [3.63, 3.8) is 0 Å². The summed E-state index contributed by atoms with van der Waals surface area (Å²) in [6, 6.07) is 17.1. The van der Waals surface area contributed by atoms with Crippen LogP contribution in [-0.4, -0.2) is 28.2 Å². The van der Waals surface area contributed by atoms with Crippen LogP contribution in [0.4, 0.5) is 5.69 Å². The van der Waals surface area contributed by atoms with Crippen molar-refractivity contribution in [3.05, 3.63) is 54.6 Å². The number of para-hydroxylation sites is 2. The van der Waals surface area contributed by atoms with Crippen LogP contribution in [0.15, 0.2) is 58.9 Å². The second-order valence-corrected chi connectivity index (χ2v) is 7.75. The lowest BCUT2D eigenvalue weighted by molar-refractivity contribution is -0.127. The quantitative estimate of drug-likeness (QED) is 0.660. The molecule has 0 spiro atoms. The molecule has 0 aliphatic carbocycles. The van der Waals surface area contributed by atoms with Crippen molar-refractivity contribution in [2.24, 2.45) is 0 Å². The summed E-state index contributed by atoms with van der Waals surface area (Å²) in [7, 11) is 1.70. The highest BCUT2D eigenvalue weighted by Gasteiger charge is 2.15. The van der Waals surface area contributed by atoms with Crippen LogP contribution in [0.25, 0.3) is 10.2 Å². The molecule has 0 radical (unpaired) electrons. The van der Waals surface area contributed by atoms with Gasteiger partial charge in [-0.2, -0.15) is 0 Å². The number of benzene rings is 2. The van der Waals surface area contributed by atoms with E-state index in [9.17, 15) is 9.59 Å². The first-order valence-corrected chi connectivity index (χ1v) is 9.36. The number of nitrogens with zero attached hydrogens (tertiary/aromatic N) is 2. The molecule has 2 aromatic carbocycles. The third-order valence-electron chi connectivity index (χ3n) is 3.46. The zero-order valence-corrected chi connectivity index (χ0v) is 15.3. The molecule has 0 aliphatic rings. The molecule has 7 heteroatoms. The van der Waals surface area contributed by atoms with Crippen LogP contribution in [0.3, 0.4) is 0 Å². The number of nitrogens with one attached hydrogen (secondary N) is 1. The fourth-order valence-corrected chi connectivity index (χ4v) is 4.20. The van der Waals surface area contributed by atoms with Crippen molar-refractivity contribution in [1.29, 1.82) is 0 Å². The van der Waals surface area contributed by atoms with Gasteiger partial charge in [-0.25, -0.2) is 4.98 Å². The molecule has 0 atom stereocenters. The van der Waals surface area contributed by atoms with Gasteiger partial charge in [-0.1, -0.05) is 30.3 Å². The zero-order chi connectivity index (χ0) is 17.6. The van der Waals surface area contributed by atoms with Gasteiger partial charge in [0.25, 0.3) is 0 Å². The Morgan fingerprint density at radius 3 is 2.56 bits per heavy atom. The molecular formula is C18H17N3O2S2. The first kappa shape index (κ1) is 17.4. The number of thiazole rings is 1. The van der Waals surface area contributed by atoms with E-state index in [1.54, 1.807) is 18.4 Å². The first-order valence-electron chi connectivity index (χ1n) is 7.77. The van der Waals surface area contributed by atoms with Gasteiger partial charge in [0.2, 0.25) is 11.8 Å². The molecule has 25 heavy (non-hydrogen) atoms. The van der Waals surface area contributed by atoms with E-state index < -0.39 is 0 Å². The molecule has 0 saturated carbocycles. The Morgan fingerprint density at radius 1 is 1.08 bits per heavy atom. The van der Waals surface area contributed by atoms with Crippen molar-refractivity contribution in [2.45, 2.75) is 17.2 Å². The van der Waals surface area contributed by atoms with Crippen molar-refractivity contribution in [1.82, 2.24) is 9.29 Å². The van der Waals surface area contributed by atoms with Gasteiger partial charge >= 0.3 is 0 Å². The third-order valence-corrected chi connectivity index (χ3v) is 5.49. The molecule has 1 aromatic heterocycles. The van der Waals surface area contributed by atoms with Crippen molar-refractivity contribution in [2.75, 3.05) is 12.4 Å². The molecule has 128 valence electrons. The van der Waals surface area contributed by atoms with Gasteiger partial charge < -0.3 is 5.32 Å². The maximum Gasteiger partial charge on any atom is 0.232 e. The minimum Gasteiger partial charge on any atom is -0.326 e. The third kappa shape index (κ3) is 4.80. The average Bonchev–Trinajstić information content (AvgIpc) is 3.02. The molecule has 5 nitrogen and oxygen atoms in total. The SMILES string of the molecule is CN(Sc1nc2ccccc2s1)C(=O)CCC(=O)Nc1ccccc1. The van der Waals surface area contributed by atoms with E-state index in [-0.39, 0.29) is 24.7 Å². The molecule has 0 fully saturated rings. The molecule has 3 aromatic rings. The van der Waals surface area contributed by atoms with Gasteiger partial charge in [0.1, 0.15) is 0 Å². The average molecular weight is 371 g/mol. The maximum absolute atomic E-state index is 12.2. The van der Waals surface area contributed by atoms with E-state index in [4.69, 9.17) is 0 Å². The molecular weight excluding hydrogens is 354 g/mol. The Balaban J connectivity index is 1.49. The number of carbonyl (C=O) groups excluding carboxylic acids is 2. The van der Waals surface area contributed by atoms with Crippen LogP contribution in [0.5, 0.6) is 0 Å². The van der Waals surface area contributed by atoms with Crippen molar-refractivity contribution in [3.8, 4) is 0 Å². The normalized spacial score (nSPS) is 10.6. The maximum atomic E-state index is 12.2. The highest BCUT2D eigenvalue weighted by atomic mass is 32.2. The number of amides is 2. The number of fused-ring (bicyclic) bond motifs is 1. The van der Waals surface area contributed by atoms with E-state index in [1.165, 1.54) is 16.3 Å². The molecule has 2 amide bonds. The fourth-order valence-electron chi connectivity index (χ4n) is 2.18. The minimum absolute atomic E-state index is 0.104. The number of carbonyl (C=O) groups is 2. The van der Waals surface area contributed by atoms with E-state index in [1.807, 2.05) is 54.6 Å². The van der Waals surface area contributed by atoms with Gasteiger partial charge in [0.15, 0.2) is 4.34 Å². The lowest BCUT2D eigenvalue weighted by atomic mass is 10.2. The molecule has 3 rings (SSSR count). The number of hydrogen-bond acceptors (Lipinski definition) is 5. The van der Waals surface area contributed by atoms with Gasteiger partial charge in [-0.3, -0.25) is 13.9 Å². The molecule has 1 heterocycles. The van der Waals surface area contributed by atoms with Crippen LogP contribution in [-0.2, 0) is 9.59 Å². The zero-order valence-electron chi connectivity index (χ0n) is 13.6. The Labute approximate surface area is 154 Å². The predicted molar refractivity (Wildman–Crippen MR) is 103 cm³/mol. The van der Waals surface area contributed by atoms with Crippen LogP contribution >= 0.6 is 23.3 Å². The Bertz CT molecular complexity index is 847. The first-order chi connectivity index (χ1) is 12.1. The summed E-state index contributed by atoms with van der Waals surface area (Å²) in [5.41, 5.74) is 1.66. The molecule has 0 bridgehead atoms. The largest absolute Gasteiger partial charge is 0.326 e. The van der Waals surface area contributed by atoms with Gasteiger partial charge in [-0.05, 0) is 24.3 Å². The van der Waals surface area contributed by atoms with Crippen molar-refractivity contribution >= 4 is 51.0 Å². The standard InChI is InChI=1S/C18H17N3O2S2/c1-21(25-18-20-14-9-5-6-10-15(14)24-18)17(23)12-11-16(22)19-13-7-3-2-4-8-13/h2-10H,11-12H2,1H3,(H,19,22). The lowest BCUT2D eigenvalue weighted by Gasteiger charge is -2.13. The summed E-state index contributed by atoms with van der Waals surface area (Å²) in [4.78, 5) is 28.6. The number of aromatic nitrogens is 1. The van der Waals surface area contributed by atoms with E-state index in [0.717, 1.165) is 20.2 Å². The number of anilines is 1. The molecule has 0 unspecified atom stereocenters. The van der Waals surface area contributed by atoms with E-state index in [2.05, 4.69) is 10.3 Å². The van der Waals surface area contributed by atoms with Gasteiger partial charge in [-0.15, -0.1) is 11.3 Å². The van der Waals surface area contributed by atoms with Crippen LogP contribution in [0.2, 0.25) is 0 Å². The number of hydrogen-bond donors (Lipinski definition) is 1. The van der Waals surface area contributed by atoms with Gasteiger partial charge in [0.05, 0.1) is 10.2 Å². The van der Waals surface area contributed by atoms with Crippen LogP contribution < -0.4 is 5.32 Å². The van der Waals surface area contributed by atoms with Crippen molar-refractivity contribution < 1.29 is 9.59 Å². The lowest BCUT2D eigenvalue weighted by Crippen LogP contribution is -2.21. The highest BCUT2D eigenvalue weighted by molar-refractivity contribution is 7.99. The van der Waals surface area contributed by atoms with Crippen LogP contribution in [0.1, 0.15) is 12.8 Å². The highest BCUT2D eigenvalue weighted by Crippen LogP contribution is 2.31. The molecule has 1 N–H and O–H groups in total. The van der Waals surface area contributed by atoms with E-state index >= 15 is 0 Å². The van der Waals surface area contributed by atoms with Crippen LogP contribution in [0, 0.1) is 0 Å². The second kappa shape index (κ2) is 8.13. The van der Waals surface area contributed by atoms with E-state index in [0.29, 0.717) is 0 Å². The summed E-state index contributed by atoms with van der Waals surface area (Å²) in [5, 5.41) is 2.78. The summed E-state index contributed by atoms with van der Waals surface area (Å²) >= 11 is 2.84. The molecule has 0 aliphatic heterocycles. The molecule has 0 saturated heterocycles. The Morgan fingerprint density at radius 2 is 1.80 bits per heavy atom. The summed E-state index contributed by atoms with van der Waals surface area (Å²) in [6.07, 6.45) is 0.311. The van der Waals surface area contributed by atoms with Gasteiger partial charge in [0, 0.05) is 37.5 Å². The summed E-state index contributed by atoms with van der Waals surface area (Å²) < 4.78 is 3.44. The smallest absolute Gasteiger partial charge is 0.232 e. The Hall–Kier alpha value is -2.38. The minimum atomic E-state index is -0.169. The monoisotopic (exact) mass is 371 g/mol. The topological polar surface area (TPSA) is 62.3 Å². The summed E-state index contributed by atoms with van der Waals surface area (Å²) in [5.74, 6) is -0.273. The fraction of sp³-hybridized carbons (Fsp3) is 0.167. The Kier molecular flexibility index (Phi) is 5.67. The second-order valence-electron chi connectivity index (χ2n) is 5.34.